The lowest BCUT2D eigenvalue weighted by Gasteiger charge is -2.67. The van der Waals surface area contributed by atoms with Crippen molar-refractivity contribution in [3.05, 3.63) is 58.7 Å². The molecule has 236 valence electrons. The van der Waals surface area contributed by atoms with E-state index in [4.69, 9.17) is 9.47 Å². The number of amides is 1. The number of carbonyl (C=O) groups is 2. The molecule has 1 spiro atoms. The van der Waals surface area contributed by atoms with Crippen molar-refractivity contribution >= 4 is 28.9 Å². The molecule has 2 saturated heterocycles. The Hall–Kier alpha value is -3.58. The van der Waals surface area contributed by atoms with Gasteiger partial charge in [-0.25, -0.2) is 4.79 Å². The Labute approximate surface area is 266 Å². The van der Waals surface area contributed by atoms with Crippen LogP contribution < -0.4 is 4.74 Å². The largest absolute Gasteiger partial charge is 0.497 e. The molecule has 3 atom stereocenters. The number of likely N-dealkylation sites (N-methyl/N-ethyl adjacent to an activating group) is 1. The van der Waals surface area contributed by atoms with Crippen LogP contribution in [0.2, 0.25) is 0 Å². The molecule has 0 bridgehead atoms. The van der Waals surface area contributed by atoms with Crippen LogP contribution in [0.15, 0.2) is 42.0 Å². The molecule has 1 aromatic heterocycles. The standard InChI is InChI=1S/C38H45N3O4/c1-37(2,3)45-36(43)24-11-13-29-30(19-24)40-20-26(35(42)41-31-15-16-38(31)22-39(4)21-32(38)41)17-25-18-27(44-5)12-14-28(25)34(40)33(29)23-9-7-6-8-10-23/h11-14,17-19,23,31-32H,6-10,15-16,20-22H2,1-5H3. The second-order valence-electron chi connectivity index (χ2n) is 15.3. The molecule has 2 aliphatic carbocycles. The lowest BCUT2D eigenvalue weighted by molar-refractivity contribution is -0.188. The molecule has 7 heteroatoms. The molecule has 45 heavy (non-hydrogen) atoms. The zero-order valence-corrected chi connectivity index (χ0v) is 27.3. The lowest BCUT2D eigenvalue weighted by atomic mass is 9.53. The zero-order valence-electron chi connectivity index (χ0n) is 27.3. The minimum atomic E-state index is -0.585. The maximum Gasteiger partial charge on any atom is 0.338 e. The van der Waals surface area contributed by atoms with Gasteiger partial charge in [0.25, 0.3) is 5.91 Å². The molecule has 0 radical (unpaired) electrons. The number of nitrogens with zero attached hydrogens (tertiary/aromatic N) is 3. The predicted molar refractivity (Wildman–Crippen MR) is 176 cm³/mol. The van der Waals surface area contributed by atoms with Gasteiger partial charge in [0.2, 0.25) is 0 Å². The van der Waals surface area contributed by atoms with Gasteiger partial charge < -0.3 is 23.8 Å². The average Bonchev–Trinajstić information content (AvgIpc) is 3.45. The first-order valence-electron chi connectivity index (χ1n) is 16.9. The minimum Gasteiger partial charge on any atom is -0.497 e. The summed E-state index contributed by atoms with van der Waals surface area (Å²) >= 11 is 0. The SMILES string of the molecule is COc1ccc2c(c1)C=C(C(=O)N1C3CCC34CN(C)CC14)Cn1c-2c(C2CCCCC2)c2ccc(C(=O)OC(C)(C)C)cc21. The Kier molecular flexibility index (Phi) is 6.55. The van der Waals surface area contributed by atoms with E-state index in [1.165, 1.54) is 42.3 Å². The molecule has 2 aromatic carbocycles. The topological polar surface area (TPSA) is 64.0 Å². The maximum atomic E-state index is 14.6. The molecule has 8 rings (SSSR count). The number of benzene rings is 2. The second kappa shape index (κ2) is 10.2. The first kappa shape index (κ1) is 28.9. The highest BCUT2D eigenvalue weighted by Crippen LogP contribution is 2.61. The van der Waals surface area contributed by atoms with E-state index in [0.29, 0.717) is 35.5 Å². The summed E-state index contributed by atoms with van der Waals surface area (Å²) < 4.78 is 13.8. The van der Waals surface area contributed by atoms with Crippen LogP contribution >= 0.6 is 0 Å². The number of carbonyl (C=O) groups excluding carboxylic acids is 2. The van der Waals surface area contributed by atoms with Crippen molar-refractivity contribution in [2.45, 2.75) is 95.9 Å². The Morgan fingerprint density at radius 1 is 0.978 bits per heavy atom. The van der Waals surface area contributed by atoms with Gasteiger partial charge in [-0.1, -0.05) is 25.3 Å². The summed E-state index contributed by atoms with van der Waals surface area (Å²) in [7, 11) is 3.88. The van der Waals surface area contributed by atoms with Gasteiger partial charge in [-0.05, 0) is 107 Å². The third-order valence-electron chi connectivity index (χ3n) is 11.4. The van der Waals surface area contributed by atoms with E-state index in [1.54, 1.807) is 7.11 Å². The van der Waals surface area contributed by atoms with Gasteiger partial charge in [0.15, 0.2) is 0 Å². The van der Waals surface area contributed by atoms with Crippen LogP contribution in [0.4, 0.5) is 0 Å². The summed E-state index contributed by atoms with van der Waals surface area (Å²) in [5.74, 6) is 1.04. The summed E-state index contributed by atoms with van der Waals surface area (Å²) in [6.45, 7) is 8.20. The van der Waals surface area contributed by atoms with Gasteiger partial charge in [0, 0.05) is 46.6 Å². The van der Waals surface area contributed by atoms with Crippen molar-refractivity contribution in [2.75, 3.05) is 27.2 Å². The molecule has 3 aromatic rings. The normalized spacial score (nSPS) is 26.1. The molecule has 3 aliphatic heterocycles. The molecule has 4 fully saturated rings. The fourth-order valence-corrected chi connectivity index (χ4v) is 9.37. The zero-order chi connectivity index (χ0) is 31.2. The van der Waals surface area contributed by atoms with Crippen LogP contribution in [0.5, 0.6) is 5.75 Å². The summed E-state index contributed by atoms with van der Waals surface area (Å²) in [5.41, 5.74) is 6.72. The van der Waals surface area contributed by atoms with Gasteiger partial charge >= 0.3 is 5.97 Å². The van der Waals surface area contributed by atoms with Gasteiger partial charge in [-0.2, -0.15) is 0 Å². The molecular weight excluding hydrogens is 562 g/mol. The first-order chi connectivity index (χ1) is 21.6. The van der Waals surface area contributed by atoms with E-state index in [-0.39, 0.29) is 11.9 Å². The number of rotatable bonds is 4. The summed E-state index contributed by atoms with van der Waals surface area (Å²) in [4.78, 5) is 32.6. The van der Waals surface area contributed by atoms with Crippen molar-refractivity contribution < 1.29 is 19.1 Å². The van der Waals surface area contributed by atoms with E-state index in [2.05, 4.69) is 45.7 Å². The molecule has 0 N–H and O–H groups in total. The molecule has 3 unspecified atom stereocenters. The number of hydrogen-bond acceptors (Lipinski definition) is 5. The van der Waals surface area contributed by atoms with E-state index in [0.717, 1.165) is 60.3 Å². The fourth-order valence-electron chi connectivity index (χ4n) is 9.37. The monoisotopic (exact) mass is 607 g/mol. The number of likely N-dealkylation sites (tertiary alicyclic amines) is 2. The lowest BCUT2D eigenvalue weighted by Crippen LogP contribution is -2.77. The number of hydrogen-bond donors (Lipinski definition) is 0. The van der Waals surface area contributed by atoms with Crippen molar-refractivity contribution in [1.29, 1.82) is 0 Å². The van der Waals surface area contributed by atoms with Crippen molar-refractivity contribution in [3.8, 4) is 17.0 Å². The van der Waals surface area contributed by atoms with Crippen molar-refractivity contribution in [2.24, 2.45) is 5.41 Å². The number of ether oxygens (including phenoxy) is 2. The van der Waals surface area contributed by atoms with Crippen LogP contribution in [0.1, 0.15) is 93.1 Å². The fraction of sp³-hybridized carbons (Fsp3) is 0.526. The number of piperidine rings is 1. The number of fused-ring (bicyclic) bond motifs is 5. The molecule has 5 aliphatic rings. The van der Waals surface area contributed by atoms with Crippen LogP contribution in [0.25, 0.3) is 28.2 Å². The summed E-state index contributed by atoms with van der Waals surface area (Å²) in [6.07, 6.45) is 10.5. The quantitative estimate of drug-likeness (QED) is 0.298. The second-order valence-corrected chi connectivity index (χ2v) is 15.3. The average molecular weight is 608 g/mol. The van der Waals surface area contributed by atoms with Gasteiger partial charge in [0.05, 0.1) is 31.0 Å². The smallest absolute Gasteiger partial charge is 0.338 e. The molecule has 2 saturated carbocycles. The van der Waals surface area contributed by atoms with Gasteiger partial charge in [-0.15, -0.1) is 0 Å². The van der Waals surface area contributed by atoms with Crippen molar-refractivity contribution in [3.63, 3.8) is 0 Å². The van der Waals surface area contributed by atoms with Gasteiger partial charge in [-0.3, -0.25) is 4.79 Å². The van der Waals surface area contributed by atoms with Crippen LogP contribution in [-0.4, -0.2) is 71.2 Å². The highest BCUT2D eigenvalue weighted by molar-refractivity contribution is 6.04. The Morgan fingerprint density at radius 3 is 2.49 bits per heavy atom. The third kappa shape index (κ3) is 4.40. The first-order valence-corrected chi connectivity index (χ1v) is 16.9. The molecule has 1 amide bonds. The number of aromatic nitrogens is 1. The Balaban J connectivity index is 1.30. The maximum absolute atomic E-state index is 14.6. The van der Waals surface area contributed by atoms with Crippen LogP contribution in [0.3, 0.4) is 0 Å². The van der Waals surface area contributed by atoms with E-state index >= 15 is 0 Å². The Morgan fingerprint density at radius 2 is 1.78 bits per heavy atom. The van der Waals surface area contributed by atoms with Gasteiger partial charge in [0.1, 0.15) is 11.4 Å². The molecule has 7 nitrogen and oxygen atoms in total. The van der Waals surface area contributed by atoms with E-state index in [9.17, 15) is 9.59 Å². The minimum absolute atomic E-state index is 0.154. The Bertz CT molecular complexity index is 1760. The third-order valence-corrected chi connectivity index (χ3v) is 11.4. The molecular formula is C38H45N3O4. The van der Waals surface area contributed by atoms with E-state index in [1.807, 2.05) is 39.0 Å². The molecule has 4 heterocycles. The summed E-state index contributed by atoms with van der Waals surface area (Å²) in [6, 6.07) is 13.0. The van der Waals surface area contributed by atoms with Crippen LogP contribution in [0, 0.1) is 5.41 Å². The highest BCUT2D eigenvalue weighted by Gasteiger charge is 2.70. The predicted octanol–water partition coefficient (Wildman–Crippen LogP) is 7.02. The van der Waals surface area contributed by atoms with Crippen molar-refractivity contribution in [1.82, 2.24) is 14.4 Å². The number of methoxy groups -OCH3 is 1. The number of esters is 1. The summed E-state index contributed by atoms with van der Waals surface area (Å²) in [5, 5.41) is 1.18. The van der Waals surface area contributed by atoms with Crippen LogP contribution in [-0.2, 0) is 16.1 Å². The van der Waals surface area contributed by atoms with E-state index < -0.39 is 5.60 Å². The highest BCUT2D eigenvalue weighted by atomic mass is 16.6.